The molecule has 0 aromatic carbocycles. The van der Waals surface area contributed by atoms with Crippen molar-refractivity contribution in [3.63, 3.8) is 0 Å². The van der Waals surface area contributed by atoms with Crippen LogP contribution in [0.1, 0.15) is 19.3 Å². The topological polar surface area (TPSA) is 0 Å². The lowest BCUT2D eigenvalue weighted by atomic mass is 10.1. The average molecular weight is 216 g/mol. The van der Waals surface area contributed by atoms with Crippen molar-refractivity contribution in [3.8, 4) is 0 Å². The highest BCUT2D eigenvalue weighted by Crippen LogP contribution is 2.41. The normalized spacial score (nSPS) is 26.9. The summed E-state index contributed by atoms with van der Waals surface area (Å²) >= 11 is 17.5. The molecule has 0 saturated carbocycles. The van der Waals surface area contributed by atoms with Gasteiger partial charge in [-0.25, -0.2) is 0 Å². The molecule has 4 heteroatoms. The Labute approximate surface area is 76.3 Å². The summed E-state index contributed by atoms with van der Waals surface area (Å²) in [6.45, 7) is 0. The van der Waals surface area contributed by atoms with E-state index in [1.165, 1.54) is 0 Å². The van der Waals surface area contributed by atoms with Crippen molar-refractivity contribution >= 4 is 39.2 Å². The van der Waals surface area contributed by atoms with Crippen molar-refractivity contribution in [2.24, 2.45) is 0 Å². The van der Waals surface area contributed by atoms with Crippen LogP contribution in [-0.4, -0.2) is 6.00 Å². The lowest BCUT2D eigenvalue weighted by Crippen LogP contribution is -2.20. The lowest BCUT2D eigenvalue weighted by molar-refractivity contribution is 0.720. The molecule has 0 aromatic rings. The van der Waals surface area contributed by atoms with Crippen molar-refractivity contribution < 1.29 is 0 Å². The lowest BCUT2D eigenvalue weighted by Gasteiger charge is -2.22. The van der Waals surface area contributed by atoms with Crippen LogP contribution in [-0.2, 0) is 0 Å². The summed E-state index contributed by atoms with van der Waals surface area (Å²) in [4.78, 5) is 0. The number of rotatable bonds is 1. The summed E-state index contributed by atoms with van der Waals surface area (Å²) < 4.78 is 0. The summed E-state index contributed by atoms with van der Waals surface area (Å²) in [5.74, 6) is 0. The molecule has 0 bridgehead atoms. The highest BCUT2D eigenvalue weighted by molar-refractivity contribution is 7.65. The molecule has 1 unspecified atom stereocenters. The van der Waals surface area contributed by atoms with Gasteiger partial charge in [-0.3, -0.25) is 0 Å². The van der Waals surface area contributed by atoms with Crippen LogP contribution in [0.3, 0.4) is 0 Å². The van der Waals surface area contributed by atoms with Crippen LogP contribution in [0.2, 0.25) is 5.54 Å². The van der Waals surface area contributed by atoms with E-state index in [-0.39, 0.29) is 0 Å². The maximum absolute atomic E-state index is 5.85. The molecule has 0 amide bonds. The van der Waals surface area contributed by atoms with E-state index >= 15 is 0 Å². The molecule has 0 saturated heterocycles. The van der Waals surface area contributed by atoms with Crippen molar-refractivity contribution in [1.82, 2.24) is 0 Å². The first-order valence-electron chi connectivity index (χ1n) is 3.32. The highest BCUT2D eigenvalue weighted by Gasteiger charge is 2.35. The fourth-order valence-corrected chi connectivity index (χ4v) is 3.77. The second-order valence-corrected chi connectivity index (χ2v) is 11.5. The molecule has 0 aliphatic heterocycles. The first kappa shape index (κ1) is 8.92. The van der Waals surface area contributed by atoms with Gasteiger partial charge in [0.1, 0.15) is 0 Å². The van der Waals surface area contributed by atoms with Gasteiger partial charge in [-0.2, -0.15) is 0 Å². The van der Waals surface area contributed by atoms with Gasteiger partial charge in [-0.05, 0) is 24.8 Å². The number of allylic oxidation sites excluding steroid dienone is 2. The monoisotopic (exact) mass is 214 g/mol. The zero-order valence-electron chi connectivity index (χ0n) is 5.49. The van der Waals surface area contributed by atoms with E-state index in [0.29, 0.717) is 5.54 Å². The van der Waals surface area contributed by atoms with Crippen LogP contribution in [0.5, 0.6) is 0 Å². The number of halogens is 3. The van der Waals surface area contributed by atoms with Crippen molar-refractivity contribution in [1.29, 1.82) is 0 Å². The standard InChI is InChI=1S/C6H9Cl3Si/c7-10(8,9)6-4-2-1-3-5-6/h1-2,6H,3-5H2. The third kappa shape index (κ3) is 2.46. The zero-order chi connectivity index (χ0) is 7.61. The summed E-state index contributed by atoms with van der Waals surface area (Å²) in [5.41, 5.74) is 0.350. The first-order chi connectivity index (χ1) is 4.61. The molecule has 0 heterocycles. The van der Waals surface area contributed by atoms with Crippen molar-refractivity contribution in [3.05, 3.63) is 12.2 Å². The number of hydrogen-bond donors (Lipinski definition) is 0. The molecule has 58 valence electrons. The molecule has 10 heavy (non-hydrogen) atoms. The average Bonchev–Trinajstić information content (AvgIpc) is 1.88. The van der Waals surface area contributed by atoms with Gasteiger partial charge in [0.2, 0.25) is 0 Å². The Morgan fingerprint density at radius 3 is 2.20 bits per heavy atom. The van der Waals surface area contributed by atoms with Gasteiger partial charge in [0.05, 0.1) is 0 Å². The van der Waals surface area contributed by atoms with Crippen molar-refractivity contribution in [2.45, 2.75) is 24.8 Å². The Kier molecular flexibility index (Phi) is 3.11. The van der Waals surface area contributed by atoms with Crippen LogP contribution in [0.4, 0.5) is 0 Å². The van der Waals surface area contributed by atoms with E-state index in [2.05, 4.69) is 12.2 Å². The SMILES string of the molecule is Cl[Si](Cl)(Cl)C1CC=CCC1. The predicted molar refractivity (Wildman–Crippen MR) is 50.1 cm³/mol. The fourth-order valence-electron chi connectivity index (χ4n) is 1.09. The van der Waals surface area contributed by atoms with Crippen LogP contribution in [0.25, 0.3) is 0 Å². The van der Waals surface area contributed by atoms with Gasteiger partial charge >= 0.3 is 6.00 Å². The summed E-state index contributed by atoms with van der Waals surface area (Å²) in [7, 11) is 0. The van der Waals surface area contributed by atoms with Gasteiger partial charge in [-0.1, -0.05) is 12.2 Å². The Balaban J connectivity index is 2.49. The van der Waals surface area contributed by atoms with Gasteiger partial charge in [0.25, 0.3) is 0 Å². The molecule has 1 aliphatic carbocycles. The minimum absolute atomic E-state index is 0.350. The second-order valence-electron chi connectivity index (χ2n) is 2.52. The van der Waals surface area contributed by atoms with E-state index in [0.717, 1.165) is 19.3 Å². The van der Waals surface area contributed by atoms with E-state index in [1.54, 1.807) is 0 Å². The molecule has 0 spiro atoms. The Bertz CT molecular complexity index is 138. The van der Waals surface area contributed by atoms with Gasteiger partial charge < -0.3 is 0 Å². The minimum atomic E-state index is -2.39. The number of hydrogen-bond acceptors (Lipinski definition) is 0. The quantitative estimate of drug-likeness (QED) is 0.355. The first-order valence-corrected chi connectivity index (χ1v) is 8.43. The molecule has 1 aliphatic rings. The highest BCUT2D eigenvalue weighted by atomic mass is 35.8. The maximum Gasteiger partial charge on any atom is 0.344 e. The fraction of sp³-hybridized carbons (Fsp3) is 0.667. The molecule has 0 aromatic heterocycles. The largest absolute Gasteiger partial charge is 0.344 e. The Morgan fingerprint density at radius 1 is 1.20 bits per heavy atom. The molecular weight excluding hydrogens is 207 g/mol. The molecule has 1 rings (SSSR count). The van der Waals surface area contributed by atoms with E-state index in [4.69, 9.17) is 33.2 Å². The van der Waals surface area contributed by atoms with Gasteiger partial charge in [0.15, 0.2) is 0 Å². The Morgan fingerprint density at radius 2 is 1.90 bits per heavy atom. The smallest absolute Gasteiger partial charge is 0.126 e. The Hall–Kier alpha value is 0.827. The molecular formula is C6H9Cl3Si. The molecule has 0 nitrogen and oxygen atoms in total. The third-order valence-electron chi connectivity index (χ3n) is 1.73. The van der Waals surface area contributed by atoms with E-state index in [9.17, 15) is 0 Å². The predicted octanol–water partition coefficient (Wildman–Crippen LogP) is 3.75. The molecule has 1 atom stereocenters. The van der Waals surface area contributed by atoms with Crippen LogP contribution in [0.15, 0.2) is 12.2 Å². The summed E-state index contributed by atoms with van der Waals surface area (Å²) in [6.07, 6.45) is 7.36. The zero-order valence-corrected chi connectivity index (χ0v) is 8.76. The summed E-state index contributed by atoms with van der Waals surface area (Å²) in [6, 6.07) is -2.39. The maximum atomic E-state index is 5.85. The molecule has 0 fully saturated rings. The second kappa shape index (κ2) is 3.48. The van der Waals surface area contributed by atoms with Gasteiger partial charge in [-0.15, -0.1) is 33.2 Å². The molecule has 0 radical (unpaired) electrons. The minimum Gasteiger partial charge on any atom is -0.126 e. The van der Waals surface area contributed by atoms with E-state index < -0.39 is 6.00 Å². The van der Waals surface area contributed by atoms with Crippen LogP contribution >= 0.6 is 33.2 Å². The van der Waals surface area contributed by atoms with Crippen molar-refractivity contribution in [2.75, 3.05) is 0 Å². The summed E-state index contributed by atoms with van der Waals surface area (Å²) in [5, 5.41) is 0. The third-order valence-corrected chi connectivity index (χ3v) is 5.96. The van der Waals surface area contributed by atoms with Gasteiger partial charge in [0, 0.05) is 0 Å². The molecule has 0 N–H and O–H groups in total. The van der Waals surface area contributed by atoms with E-state index in [1.807, 2.05) is 0 Å². The van der Waals surface area contributed by atoms with Crippen LogP contribution in [0, 0.1) is 0 Å². The van der Waals surface area contributed by atoms with Crippen LogP contribution < -0.4 is 0 Å².